The Morgan fingerprint density at radius 1 is 0.842 bits per heavy atom. The van der Waals surface area contributed by atoms with Gasteiger partial charge in [0.05, 0.1) is 0 Å². The Morgan fingerprint density at radius 2 is 1.47 bits per heavy atom. The van der Waals surface area contributed by atoms with Crippen LogP contribution in [-0.4, -0.2) is 13.9 Å². The van der Waals surface area contributed by atoms with E-state index in [0.717, 1.165) is 18.6 Å². The minimum Gasteiger partial charge on any atom is -0.467 e. The minimum atomic E-state index is 0.293. The summed E-state index contributed by atoms with van der Waals surface area (Å²) in [6, 6.07) is 16.7. The largest absolute Gasteiger partial charge is 0.467 e. The Labute approximate surface area is 115 Å². The lowest BCUT2D eigenvalue weighted by atomic mass is 10.0. The van der Waals surface area contributed by atoms with Crippen LogP contribution in [0.15, 0.2) is 48.5 Å². The molecule has 0 aliphatic carbocycles. The number of aryl methyl sites for hydroxylation is 3. The summed E-state index contributed by atoms with van der Waals surface area (Å²) in [6.07, 6.45) is 2.00. The van der Waals surface area contributed by atoms with E-state index >= 15 is 0 Å². The average Bonchev–Trinajstić information content (AvgIpc) is 2.45. The maximum absolute atomic E-state index is 5.58. The van der Waals surface area contributed by atoms with Gasteiger partial charge in [0.25, 0.3) is 0 Å². The van der Waals surface area contributed by atoms with Gasteiger partial charge in [0, 0.05) is 7.11 Å². The van der Waals surface area contributed by atoms with E-state index in [4.69, 9.17) is 9.47 Å². The van der Waals surface area contributed by atoms with Crippen LogP contribution in [0.5, 0.6) is 5.75 Å². The van der Waals surface area contributed by atoms with Gasteiger partial charge >= 0.3 is 0 Å². The van der Waals surface area contributed by atoms with E-state index in [0.29, 0.717) is 6.79 Å². The average molecular weight is 256 g/mol. The van der Waals surface area contributed by atoms with Crippen molar-refractivity contribution in [2.24, 2.45) is 0 Å². The summed E-state index contributed by atoms with van der Waals surface area (Å²) in [7, 11) is 1.63. The summed E-state index contributed by atoms with van der Waals surface area (Å²) in [5.74, 6) is 0.915. The van der Waals surface area contributed by atoms with Gasteiger partial charge < -0.3 is 9.47 Å². The molecule has 19 heavy (non-hydrogen) atoms. The summed E-state index contributed by atoms with van der Waals surface area (Å²) in [6.45, 7) is 2.45. The topological polar surface area (TPSA) is 18.5 Å². The van der Waals surface area contributed by atoms with Crippen molar-refractivity contribution >= 4 is 0 Å². The summed E-state index contributed by atoms with van der Waals surface area (Å²) in [5.41, 5.74) is 3.96. The highest BCUT2D eigenvalue weighted by Crippen LogP contribution is 2.20. The molecular formula is C17H20O2. The summed E-state index contributed by atoms with van der Waals surface area (Å²) >= 11 is 0. The molecule has 2 heteroatoms. The highest BCUT2D eigenvalue weighted by Gasteiger charge is 2.04. The Kier molecular flexibility index (Phi) is 4.99. The number of ether oxygens (including phenoxy) is 2. The molecule has 2 aromatic rings. The Hall–Kier alpha value is -1.80. The molecule has 0 heterocycles. The van der Waals surface area contributed by atoms with Gasteiger partial charge in [-0.15, -0.1) is 0 Å². The number of methoxy groups -OCH3 is 1. The molecule has 0 radical (unpaired) electrons. The molecule has 0 N–H and O–H groups in total. The van der Waals surface area contributed by atoms with Gasteiger partial charge in [-0.3, -0.25) is 0 Å². The Morgan fingerprint density at radius 3 is 2.21 bits per heavy atom. The maximum atomic E-state index is 5.58. The molecule has 0 fully saturated rings. The van der Waals surface area contributed by atoms with Gasteiger partial charge in [-0.05, 0) is 42.5 Å². The van der Waals surface area contributed by atoms with Crippen molar-refractivity contribution < 1.29 is 9.47 Å². The smallest absolute Gasteiger partial charge is 0.188 e. The molecule has 2 rings (SSSR count). The first kappa shape index (κ1) is 13.6. The van der Waals surface area contributed by atoms with Gasteiger partial charge in [-0.1, -0.05) is 42.5 Å². The van der Waals surface area contributed by atoms with Crippen molar-refractivity contribution in [3.8, 4) is 5.75 Å². The fourth-order valence-electron chi connectivity index (χ4n) is 2.13. The second-order valence-electron chi connectivity index (χ2n) is 4.59. The highest BCUT2D eigenvalue weighted by atomic mass is 16.7. The Balaban J connectivity index is 2.05. The molecule has 0 aliphatic heterocycles. The van der Waals surface area contributed by atoms with E-state index in [9.17, 15) is 0 Å². The SMILES string of the molecule is COCOc1ccccc1CCc1ccccc1C. The normalized spacial score (nSPS) is 10.4. The predicted octanol–water partition coefficient (Wildman–Crippen LogP) is 3.76. The van der Waals surface area contributed by atoms with Crippen LogP contribution in [0.4, 0.5) is 0 Å². The van der Waals surface area contributed by atoms with Crippen LogP contribution in [0.2, 0.25) is 0 Å². The van der Waals surface area contributed by atoms with Crippen LogP contribution >= 0.6 is 0 Å². The van der Waals surface area contributed by atoms with Gasteiger partial charge in [-0.25, -0.2) is 0 Å². The summed E-state index contributed by atoms with van der Waals surface area (Å²) in [5, 5.41) is 0. The van der Waals surface area contributed by atoms with Gasteiger partial charge in [0.1, 0.15) is 5.75 Å². The molecule has 0 saturated heterocycles. The number of benzene rings is 2. The number of rotatable bonds is 6. The lowest BCUT2D eigenvalue weighted by Crippen LogP contribution is -2.02. The van der Waals surface area contributed by atoms with Crippen LogP contribution in [0, 0.1) is 6.92 Å². The standard InChI is InChI=1S/C17H20O2/c1-14-7-3-4-8-15(14)11-12-16-9-5-6-10-17(16)19-13-18-2/h3-10H,11-13H2,1-2H3. The first-order valence-corrected chi connectivity index (χ1v) is 6.55. The van der Waals surface area contributed by atoms with E-state index in [1.54, 1.807) is 7.11 Å². The molecule has 0 unspecified atom stereocenters. The zero-order chi connectivity index (χ0) is 13.5. The van der Waals surface area contributed by atoms with E-state index in [1.165, 1.54) is 16.7 Å². The lowest BCUT2D eigenvalue weighted by molar-refractivity contribution is 0.0504. The maximum Gasteiger partial charge on any atom is 0.188 e. The van der Waals surface area contributed by atoms with Crippen LogP contribution < -0.4 is 4.74 Å². The van der Waals surface area contributed by atoms with Crippen LogP contribution in [0.25, 0.3) is 0 Å². The lowest BCUT2D eigenvalue weighted by Gasteiger charge is -2.11. The first-order valence-electron chi connectivity index (χ1n) is 6.55. The number of hydrogen-bond acceptors (Lipinski definition) is 2. The van der Waals surface area contributed by atoms with E-state index in [-0.39, 0.29) is 0 Å². The molecule has 2 aromatic carbocycles. The van der Waals surface area contributed by atoms with Crippen molar-refractivity contribution in [2.45, 2.75) is 19.8 Å². The van der Waals surface area contributed by atoms with E-state index < -0.39 is 0 Å². The van der Waals surface area contributed by atoms with E-state index in [2.05, 4.69) is 37.3 Å². The zero-order valence-electron chi connectivity index (χ0n) is 11.6. The quantitative estimate of drug-likeness (QED) is 0.733. The second-order valence-corrected chi connectivity index (χ2v) is 4.59. The molecule has 0 spiro atoms. The van der Waals surface area contributed by atoms with Crippen LogP contribution in [-0.2, 0) is 17.6 Å². The second kappa shape index (κ2) is 6.95. The molecule has 0 aromatic heterocycles. The molecule has 100 valence electrons. The molecule has 0 saturated carbocycles. The van der Waals surface area contributed by atoms with Crippen LogP contribution in [0.1, 0.15) is 16.7 Å². The molecule has 0 amide bonds. The Bertz CT molecular complexity index is 520. The molecule has 2 nitrogen and oxygen atoms in total. The van der Waals surface area contributed by atoms with Gasteiger partial charge in [0.2, 0.25) is 0 Å². The summed E-state index contributed by atoms with van der Waals surface area (Å²) < 4.78 is 10.5. The van der Waals surface area contributed by atoms with Crippen LogP contribution in [0.3, 0.4) is 0 Å². The third kappa shape index (κ3) is 3.83. The van der Waals surface area contributed by atoms with Crippen molar-refractivity contribution in [1.29, 1.82) is 0 Å². The molecule has 0 bridgehead atoms. The zero-order valence-corrected chi connectivity index (χ0v) is 11.6. The fourth-order valence-corrected chi connectivity index (χ4v) is 2.13. The van der Waals surface area contributed by atoms with Gasteiger partial charge in [0.15, 0.2) is 6.79 Å². The van der Waals surface area contributed by atoms with E-state index in [1.807, 2.05) is 18.2 Å². The predicted molar refractivity (Wildman–Crippen MR) is 77.5 cm³/mol. The van der Waals surface area contributed by atoms with Gasteiger partial charge in [-0.2, -0.15) is 0 Å². The molecule has 0 aliphatic rings. The van der Waals surface area contributed by atoms with Crippen molar-refractivity contribution in [1.82, 2.24) is 0 Å². The molecular weight excluding hydrogens is 236 g/mol. The summed E-state index contributed by atoms with van der Waals surface area (Å²) in [4.78, 5) is 0. The fraction of sp³-hybridized carbons (Fsp3) is 0.294. The highest BCUT2D eigenvalue weighted by molar-refractivity contribution is 5.35. The first-order chi connectivity index (χ1) is 9.31. The number of para-hydroxylation sites is 1. The van der Waals surface area contributed by atoms with Crippen molar-refractivity contribution in [3.63, 3.8) is 0 Å². The monoisotopic (exact) mass is 256 g/mol. The third-order valence-corrected chi connectivity index (χ3v) is 3.23. The van der Waals surface area contributed by atoms with Crippen molar-refractivity contribution in [3.05, 3.63) is 65.2 Å². The molecule has 0 atom stereocenters. The minimum absolute atomic E-state index is 0.293. The van der Waals surface area contributed by atoms with Crippen molar-refractivity contribution in [2.75, 3.05) is 13.9 Å². The number of hydrogen-bond donors (Lipinski definition) is 0. The third-order valence-electron chi connectivity index (χ3n) is 3.23.